The van der Waals surface area contributed by atoms with Gasteiger partial charge in [0.1, 0.15) is 23.5 Å². The van der Waals surface area contributed by atoms with Gasteiger partial charge in [-0.1, -0.05) is 41.9 Å². The van der Waals surface area contributed by atoms with Crippen LogP contribution in [-0.4, -0.2) is 24.2 Å². The summed E-state index contributed by atoms with van der Waals surface area (Å²) in [7, 11) is 3.25. The van der Waals surface area contributed by atoms with Crippen molar-refractivity contribution in [2.24, 2.45) is 0 Å². The SMILES string of the molecule is COc1cc(CN(Cc2ccccc2)c2ncnc(Cl)c2N)cc(OC)c1. The van der Waals surface area contributed by atoms with Gasteiger partial charge in [0.2, 0.25) is 0 Å². The zero-order valence-corrected chi connectivity index (χ0v) is 16.0. The van der Waals surface area contributed by atoms with E-state index in [4.69, 9.17) is 26.8 Å². The molecule has 0 atom stereocenters. The summed E-state index contributed by atoms with van der Waals surface area (Å²) in [4.78, 5) is 10.4. The Hall–Kier alpha value is -2.99. The van der Waals surface area contributed by atoms with Crippen molar-refractivity contribution in [3.8, 4) is 11.5 Å². The van der Waals surface area contributed by atoms with Crippen LogP contribution in [-0.2, 0) is 13.1 Å². The highest BCUT2D eigenvalue weighted by atomic mass is 35.5. The molecule has 27 heavy (non-hydrogen) atoms. The van der Waals surface area contributed by atoms with Crippen LogP contribution in [0.25, 0.3) is 0 Å². The average Bonchev–Trinajstić information content (AvgIpc) is 2.70. The molecule has 7 heteroatoms. The Kier molecular flexibility index (Phi) is 5.98. The molecule has 2 N–H and O–H groups in total. The maximum Gasteiger partial charge on any atom is 0.157 e. The number of nitrogens with two attached hydrogens (primary N) is 1. The summed E-state index contributed by atoms with van der Waals surface area (Å²) in [5, 5.41) is 0.237. The van der Waals surface area contributed by atoms with E-state index in [1.54, 1.807) is 14.2 Å². The molecule has 3 rings (SSSR count). The Morgan fingerprint density at radius 2 is 1.56 bits per heavy atom. The lowest BCUT2D eigenvalue weighted by molar-refractivity contribution is 0.393. The smallest absolute Gasteiger partial charge is 0.157 e. The highest BCUT2D eigenvalue weighted by Crippen LogP contribution is 2.30. The summed E-state index contributed by atoms with van der Waals surface area (Å²) < 4.78 is 10.8. The van der Waals surface area contributed by atoms with Crippen molar-refractivity contribution in [1.29, 1.82) is 0 Å². The maximum atomic E-state index is 6.15. The van der Waals surface area contributed by atoms with Crippen LogP contribution in [0.15, 0.2) is 54.9 Å². The first kappa shape index (κ1) is 18.8. The van der Waals surface area contributed by atoms with Crippen LogP contribution in [0.3, 0.4) is 0 Å². The van der Waals surface area contributed by atoms with E-state index >= 15 is 0 Å². The van der Waals surface area contributed by atoms with Gasteiger partial charge in [0.25, 0.3) is 0 Å². The minimum atomic E-state index is 0.237. The van der Waals surface area contributed by atoms with Gasteiger partial charge in [0, 0.05) is 19.2 Å². The van der Waals surface area contributed by atoms with Crippen LogP contribution in [0, 0.1) is 0 Å². The molecule has 0 spiro atoms. The Balaban J connectivity index is 1.98. The number of nitrogen functional groups attached to an aromatic ring is 1. The third-order valence-corrected chi connectivity index (χ3v) is 4.42. The summed E-state index contributed by atoms with van der Waals surface area (Å²) in [5.74, 6) is 2.02. The van der Waals surface area contributed by atoms with Crippen LogP contribution in [0.4, 0.5) is 11.5 Å². The third kappa shape index (κ3) is 4.60. The molecule has 2 aromatic carbocycles. The van der Waals surface area contributed by atoms with Crippen molar-refractivity contribution in [3.63, 3.8) is 0 Å². The Morgan fingerprint density at radius 1 is 0.926 bits per heavy atom. The molecule has 0 aliphatic heterocycles. The van der Waals surface area contributed by atoms with Crippen LogP contribution in [0.2, 0.25) is 5.15 Å². The zero-order chi connectivity index (χ0) is 19.2. The second-order valence-corrected chi connectivity index (χ2v) is 6.32. The summed E-state index contributed by atoms with van der Waals surface area (Å²) in [6.45, 7) is 1.15. The predicted molar refractivity (Wildman–Crippen MR) is 107 cm³/mol. The molecule has 0 saturated carbocycles. The highest BCUT2D eigenvalue weighted by molar-refractivity contribution is 6.32. The molecule has 0 radical (unpaired) electrons. The van der Waals surface area contributed by atoms with E-state index in [2.05, 4.69) is 22.1 Å². The summed E-state index contributed by atoms with van der Waals surface area (Å²) >= 11 is 6.12. The molecule has 0 amide bonds. The molecule has 0 unspecified atom stereocenters. The Labute approximate surface area is 163 Å². The molecule has 0 bridgehead atoms. The van der Waals surface area contributed by atoms with E-state index in [9.17, 15) is 0 Å². The fraction of sp³-hybridized carbons (Fsp3) is 0.200. The number of ether oxygens (including phenoxy) is 2. The first-order chi connectivity index (χ1) is 13.1. The van der Waals surface area contributed by atoms with E-state index in [0.717, 1.165) is 22.6 Å². The van der Waals surface area contributed by atoms with Gasteiger partial charge in [0.15, 0.2) is 11.0 Å². The topological polar surface area (TPSA) is 73.5 Å². The van der Waals surface area contributed by atoms with Crippen molar-refractivity contribution < 1.29 is 9.47 Å². The lowest BCUT2D eigenvalue weighted by Gasteiger charge is -2.25. The van der Waals surface area contributed by atoms with Crippen molar-refractivity contribution in [2.75, 3.05) is 24.9 Å². The van der Waals surface area contributed by atoms with Gasteiger partial charge < -0.3 is 20.1 Å². The maximum absolute atomic E-state index is 6.15. The van der Waals surface area contributed by atoms with Crippen molar-refractivity contribution in [2.45, 2.75) is 13.1 Å². The second-order valence-electron chi connectivity index (χ2n) is 5.96. The molecule has 3 aromatic rings. The molecule has 6 nitrogen and oxygen atoms in total. The van der Waals surface area contributed by atoms with Crippen molar-refractivity contribution in [1.82, 2.24) is 9.97 Å². The van der Waals surface area contributed by atoms with Crippen molar-refractivity contribution >= 4 is 23.1 Å². The first-order valence-corrected chi connectivity index (χ1v) is 8.75. The van der Waals surface area contributed by atoms with E-state index in [0.29, 0.717) is 24.6 Å². The second kappa shape index (κ2) is 8.60. The average molecular weight is 385 g/mol. The minimum absolute atomic E-state index is 0.237. The lowest BCUT2D eigenvalue weighted by atomic mass is 10.1. The summed E-state index contributed by atoms with van der Waals surface area (Å²) in [6.07, 6.45) is 1.41. The number of hydrogen-bond acceptors (Lipinski definition) is 6. The van der Waals surface area contributed by atoms with E-state index in [1.807, 2.05) is 41.3 Å². The quantitative estimate of drug-likeness (QED) is 0.622. The lowest BCUT2D eigenvalue weighted by Crippen LogP contribution is -2.24. The van der Waals surface area contributed by atoms with E-state index < -0.39 is 0 Å². The number of aromatic nitrogens is 2. The van der Waals surface area contributed by atoms with Gasteiger partial charge in [-0.05, 0) is 23.3 Å². The fourth-order valence-corrected chi connectivity index (χ4v) is 2.93. The summed E-state index contributed by atoms with van der Waals surface area (Å²) in [5.41, 5.74) is 8.63. The largest absolute Gasteiger partial charge is 0.497 e. The molecular weight excluding hydrogens is 364 g/mol. The standard InChI is InChI=1S/C20H21ClN4O2/c1-26-16-8-15(9-17(10-16)27-2)12-25(11-14-6-4-3-5-7-14)20-18(22)19(21)23-13-24-20/h3-10,13H,11-12,22H2,1-2H3. The minimum Gasteiger partial charge on any atom is -0.497 e. The molecule has 0 saturated heterocycles. The Morgan fingerprint density at radius 3 is 2.19 bits per heavy atom. The number of anilines is 2. The van der Waals surface area contributed by atoms with Gasteiger partial charge in [-0.25, -0.2) is 9.97 Å². The fourth-order valence-electron chi connectivity index (χ4n) is 2.81. The monoisotopic (exact) mass is 384 g/mol. The van der Waals surface area contributed by atoms with Gasteiger partial charge in [-0.15, -0.1) is 0 Å². The highest BCUT2D eigenvalue weighted by Gasteiger charge is 2.16. The van der Waals surface area contributed by atoms with Gasteiger partial charge in [-0.3, -0.25) is 0 Å². The number of hydrogen-bond donors (Lipinski definition) is 1. The molecule has 1 aromatic heterocycles. The first-order valence-electron chi connectivity index (χ1n) is 8.37. The molecular formula is C20H21ClN4O2. The van der Waals surface area contributed by atoms with Gasteiger partial charge in [-0.2, -0.15) is 0 Å². The number of nitrogens with zero attached hydrogens (tertiary/aromatic N) is 3. The van der Waals surface area contributed by atoms with Gasteiger partial charge in [0.05, 0.1) is 14.2 Å². The number of halogens is 1. The Bertz CT molecular complexity index is 883. The van der Waals surface area contributed by atoms with Crippen LogP contribution < -0.4 is 20.1 Å². The van der Waals surface area contributed by atoms with E-state index in [-0.39, 0.29) is 5.15 Å². The van der Waals surface area contributed by atoms with Crippen LogP contribution in [0.1, 0.15) is 11.1 Å². The van der Waals surface area contributed by atoms with Gasteiger partial charge >= 0.3 is 0 Å². The predicted octanol–water partition coefficient (Wildman–Crippen LogP) is 3.94. The molecule has 0 aliphatic carbocycles. The van der Waals surface area contributed by atoms with Crippen molar-refractivity contribution in [3.05, 3.63) is 71.1 Å². The van der Waals surface area contributed by atoms with Crippen LogP contribution in [0.5, 0.6) is 11.5 Å². The molecule has 1 heterocycles. The van der Waals surface area contributed by atoms with E-state index in [1.165, 1.54) is 6.33 Å². The zero-order valence-electron chi connectivity index (χ0n) is 15.2. The van der Waals surface area contributed by atoms with Crippen LogP contribution >= 0.6 is 11.6 Å². The summed E-state index contributed by atoms with van der Waals surface area (Å²) in [6, 6.07) is 15.8. The molecule has 140 valence electrons. The number of rotatable bonds is 7. The third-order valence-electron chi connectivity index (χ3n) is 4.11. The normalized spacial score (nSPS) is 10.5. The molecule has 0 aliphatic rings. The number of benzene rings is 2. The molecule has 0 fully saturated rings. The number of methoxy groups -OCH3 is 2.